The van der Waals surface area contributed by atoms with Crippen LogP contribution in [0, 0.1) is 0 Å². The van der Waals surface area contributed by atoms with E-state index >= 15 is 0 Å². The van der Waals surface area contributed by atoms with Crippen molar-refractivity contribution in [2.45, 2.75) is 18.9 Å². The van der Waals surface area contributed by atoms with Gasteiger partial charge in [-0.3, -0.25) is 4.79 Å². The highest BCUT2D eigenvalue weighted by Gasteiger charge is 2.14. The molecule has 0 aliphatic heterocycles. The molecule has 1 amide bonds. The van der Waals surface area contributed by atoms with Gasteiger partial charge < -0.3 is 20.5 Å². The second-order valence-corrected chi connectivity index (χ2v) is 5.85. The van der Waals surface area contributed by atoms with E-state index in [1.807, 2.05) is 30.5 Å². The molecule has 5 heteroatoms. The lowest BCUT2D eigenvalue weighted by Gasteiger charge is -2.16. The van der Waals surface area contributed by atoms with Crippen molar-refractivity contribution in [2.75, 3.05) is 6.61 Å². The van der Waals surface area contributed by atoms with Gasteiger partial charge in [-0.1, -0.05) is 30.3 Å². The average molecular weight is 324 g/mol. The van der Waals surface area contributed by atoms with E-state index in [0.29, 0.717) is 6.42 Å². The van der Waals surface area contributed by atoms with Gasteiger partial charge >= 0.3 is 0 Å². The van der Waals surface area contributed by atoms with E-state index < -0.39 is 0 Å². The minimum Gasteiger partial charge on any atom is -0.508 e. The number of hydrogen-bond donors (Lipinski definition) is 4. The van der Waals surface area contributed by atoms with Crippen LogP contribution in [-0.4, -0.2) is 33.8 Å². The molecule has 1 atom stereocenters. The summed E-state index contributed by atoms with van der Waals surface area (Å²) in [5, 5.41) is 22.7. The molecule has 2 aromatic carbocycles. The number of amides is 1. The van der Waals surface area contributed by atoms with E-state index in [1.165, 1.54) is 0 Å². The second kappa shape index (κ2) is 7.19. The fourth-order valence-electron chi connectivity index (χ4n) is 2.81. The van der Waals surface area contributed by atoms with Crippen molar-refractivity contribution in [2.24, 2.45) is 0 Å². The molecule has 0 radical (unpaired) electrons. The smallest absolute Gasteiger partial charge is 0.224 e. The monoisotopic (exact) mass is 324 g/mol. The highest BCUT2D eigenvalue weighted by atomic mass is 16.3. The third-order valence-corrected chi connectivity index (χ3v) is 4.03. The van der Waals surface area contributed by atoms with E-state index in [9.17, 15) is 15.0 Å². The lowest BCUT2D eigenvalue weighted by atomic mass is 10.1. The molecule has 0 saturated carbocycles. The number of H-pyrrole nitrogens is 1. The zero-order chi connectivity index (χ0) is 16.9. The van der Waals surface area contributed by atoms with E-state index in [2.05, 4.69) is 10.3 Å². The zero-order valence-corrected chi connectivity index (χ0v) is 13.2. The standard InChI is InChI=1S/C19H20N2O3/c22-12-15(9-13-5-7-16(23)8-6-13)21-19(24)10-14-11-20-18-4-2-1-3-17(14)18/h1-8,11,15,20,22-23H,9-10,12H2,(H,21,24)/t15-/m0/s1. The van der Waals surface area contributed by atoms with Crippen molar-refractivity contribution < 1.29 is 15.0 Å². The first-order valence-corrected chi connectivity index (χ1v) is 7.89. The number of para-hydroxylation sites is 1. The molecule has 0 aliphatic carbocycles. The van der Waals surface area contributed by atoms with Crippen molar-refractivity contribution in [1.82, 2.24) is 10.3 Å². The number of aromatic hydroxyl groups is 1. The van der Waals surface area contributed by atoms with Crippen LogP contribution in [0.1, 0.15) is 11.1 Å². The van der Waals surface area contributed by atoms with Crippen LogP contribution in [0.5, 0.6) is 5.75 Å². The van der Waals surface area contributed by atoms with Crippen LogP contribution < -0.4 is 5.32 Å². The Morgan fingerprint density at radius 3 is 2.62 bits per heavy atom. The number of benzene rings is 2. The van der Waals surface area contributed by atoms with Gasteiger partial charge in [0.05, 0.1) is 19.1 Å². The number of aliphatic hydroxyl groups is 1. The Bertz CT molecular complexity index is 824. The summed E-state index contributed by atoms with van der Waals surface area (Å²) >= 11 is 0. The van der Waals surface area contributed by atoms with Crippen LogP contribution in [-0.2, 0) is 17.6 Å². The Kier molecular flexibility index (Phi) is 4.82. The molecule has 0 unspecified atom stereocenters. The van der Waals surface area contributed by atoms with Crippen molar-refractivity contribution in [3.05, 3.63) is 65.9 Å². The topological polar surface area (TPSA) is 85.4 Å². The zero-order valence-electron chi connectivity index (χ0n) is 13.2. The van der Waals surface area contributed by atoms with Crippen LogP contribution in [0.4, 0.5) is 0 Å². The SMILES string of the molecule is O=C(Cc1c[nH]c2ccccc12)N[C@H](CO)Cc1ccc(O)cc1. The predicted octanol–water partition coefficient (Wildman–Crippen LogP) is 2.14. The lowest BCUT2D eigenvalue weighted by molar-refractivity contribution is -0.121. The summed E-state index contributed by atoms with van der Waals surface area (Å²) < 4.78 is 0. The Morgan fingerprint density at radius 2 is 1.88 bits per heavy atom. The van der Waals surface area contributed by atoms with Crippen molar-refractivity contribution >= 4 is 16.8 Å². The predicted molar refractivity (Wildman–Crippen MR) is 92.8 cm³/mol. The number of phenolic OH excluding ortho intramolecular Hbond substituents is 1. The molecule has 24 heavy (non-hydrogen) atoms. The molecule has 0 saturated heterocycles. The van der Waals surface area contributed by atoms with E-state index in [-0.39, 0.29) is 30.7 Å². The molecular weight excluding hydrogens is 304 g/mol. The summed E-state index contributed by atoms with van der Waals surface area (Å²) in [5.74, 6) is 0.0697. The van der Waals surface area contributed by atoms with Gasteiger partial charge in [0.25, 0.3) is 0 Å². The van der Waals surface area contributed by atoms with Gasteiger partial charge in [-0.25, -0.2) is 0 Å². The summed E-state index contributed by atoms with van der Waals surface area (Å²) in [6.45, 7) is -0.138. The Labute approximate surface area is 140 Å². The quantitative estimate of drug-likeness (QED) is 0.560. The number of aromatic nitrogens is 1. The van der Waals surface area contributed by atoms with Gasteiger partial charge in [0, 0.05) is 17.1 Å². The summed E-state index contributed by atoms with van der Waals surface area (Å²) in [4.78, 5) is 15.4. The molecule has 0 bridgehead atoms. The van der Waals surface area contributed by atoms with Gasteiger partial charge in [0.1, 0.15) is 5.75 Å². The maximum absolute atomic E-state index is 12.3. The minimum absolute atomic E-state index is 0.127. The van der Waals surface area contributed by atoms with Crippen molar-refractivity contribution in [1.29, 1.82) is 0 Å². The number of fused-ring (bicyclic) bond motifs is 1. The third kappa shape index (κ3) is 3.75. The number of nitrogens with one attached hydrogen (secondary N) is 2. The lowest BCUT2D eigenvalue weighted by Crippen LogP contribution is -2.39. The molecule has 1 aromatic heterocycles. The van der Waals surface area contributed by atoms with Crippen LogP contribution in [0.15, 0.2) is 54.7 Å². The van der Waals surface area contributed by atoms with Gasteiger partial charge in [-0.05, 0) is 35.7 Å². The molecule has 0 aliphatic rings. The van der Waals surface area contributed by atoms with E-state index in [4.69, 9.17) is 0 Å². The Balaban J connectivity index is 1.63. The summed E-state index contributed by atoms with van der Waals surface area (Å²) in [6.07, 6.45) is 2.62. The minimum atomic E-state index is -0.354. The van der Waals surface area contributed by atoms with Crippen LogP contribution >= 0.6 is 0 Å². The number of aromatic amines is 1. The van der Waals surface area contributed by atoms with Crippen LogP contribution in [0.3, 0.4) is 0 Å². The molecule has 1 heterocycles. The van der Waals surface area contributed by atoms with Gasteiger partial charge in [0.2, 0.25) is 5.91 Å². The maximum Gasteiger partial charge on any atom is 0.224 e. The maximum atomic E-state index is 12.3. The van der Waals surface area contributed by atoms with Gasteiger partial charge in [0.15, 0.2) is 0 Å². The normalized spacial score (nSPS) is 12.2. The first-order valence-electron chi connectivity index (χ1n) is 7.89. The fourth-order valence-corrected chi connectivity index (χ4v) is 2.81. The summed E-state index contributed by atoms with van der Waals surface area (Å²) in [6, 6.07) is 14.2. The summed E-state index contributed by atoms with van der Waals surface area (Å²) in [7, 11) is 0. The second-order valence-electron chi connectivity index (χ2n) is 5.85. The fraction of sp³-hybridized carbons (Fsp3) is 0.211. The molecule has 5 nitrogen and oxygen atoms in total. The third-order valence-electron chi connectivity index (χ3n) is 4.03. The van der Waals surface area contributed by atoms with Crippen molar-refractivity contribution in [3.63, 3.8) is 0 Å². The first kappa shape index (κ1) is 16.1. The number of aliphatic hydroxyl groups excluding tert-OH is 1. The number of carbonyl (C=O) groups is 1. The van der Waals surface area contributed by atoms with E-state index in [0.717, 1.165) is 22.0 Å². The molecule has 0 spiro atoms. The Hall–Kier alpha value is -2.79. The highest BCUT2D eigenvalue weighted by molar-refractivity contribution is 5.88. The molecule has 3 rings (SSSR count). The van der Waals surface area contributed by atoms with Gasteiger partial charge in [-0.15, -0.1) is 0 Å². The first-order chi connectivity index (χ1) is 11.7. The van der Waals surface area contributed by atoms with Crippen LogP contribution in [0.2, 0.25) is 0 Å². The molecule has 4 N–H and O–H groups in total. The highest BCUT2D eigenvalue weighted by Crippen LogP contribution is 2.18. The summed E-state index contributed by atoms with van der Waals surface area (Å²) in [5.41, 5.74) is 2.88. The average Bonchev–Trinajstić information content (AvgIpc) is 2.99. The van der Waals surface area contributed by atoms with E-state index in [1.54, 1.807) is 24.3 Å². The van der Waals surface area contributed by atoms with Gasteiger partial charge in [-0.2, -0.15) is 0 Å². The molecular formula is C19H20N2O3. The number of rotatable bonds is 6. The largest absolute Gasteiger partial charge is 0.508 e. The van der Waals surface area contributed by atoms with Crippen molar-refractivity contribution in [3.8, 4) is 5.75 Å². The molecule has 3 aromatic rings. The number of phenols is 1. The Morgan fingerprint density at radius 1 is 1.12 bits per heavy atom. The molecule has 0 fully saturated rings. The molecule has 124 valence electrons. The number of hydrogen-bond acceptors (Lipinski definition) is 3. The number of carbonyl (C=O) groups excluding carboxylic acids is 1. The van der Waals surface area contributed by atoms with Crippen LogP contribution in [0.25, 0.3) is 10.9 Å².